The molecule has 0 aliphatic heterocycles. The highest BCUT2D eigenvalue weighted by atomic mass is 35.5. The van der Waals surface area contributed by atoms with Gasteiger partial charge in [0, 0.05) is 45.6 Å². The van der Waals surface area contributed by atoms with Gasteiger partial charge in [-0.25, -0.2) is 0 Å². The maximum atomic E-state index is 13.3. The first kappa shape index (κ1) is 24.6. The van der Waals surface area contributed by atoms with E-state index in [9.17, 15) is 4.79 Å². The number of aromatic nitrogens is 4. The Hall–Kier alpha value is -4.06. The first-order valence-electron chi connectivity index (χ1n) is 11.7. The van der Waals surface area contributed by atoms with Crippen LogP contribution in [0.15, 0.2) is 84.1 Å². The van der Waals surface area contributed by atoms with Gasteiger partial charge in [0.15, 0.2) is 11.0 Å². The van der Waals surface area contributed by atoms with Gasteiger partial charge in [0.1, 0.15) is 0 Å². The summed E-state index contributed by atoms with van der Waals surface area (Å²) in [6, 6.07) is 25.3. The molecule has 0 aliphatic rings. The summed E-state index contributed by atoms with van der Waals surface area (Å²) in [5.41, 5.74) is 4.62. The number of para-hydroxylation sites is 1. The predicted octanol–water partition coefficient (Wildman–Crippen LogP) is 6.42. The van der Waals surface area contributed by atoms with Crippen molar-refractivity contribution in [1.29, 1.82) is 5.26 Å². The van der Waals surface area contributed by atoms with E-state index < -0.39 is 0 Å². The number of thioether (sulfide) groups is 1. The lowest BCUT2D eigenvalue weighted by atomic mass is 10.1. The van der Waals surface area contributed by atoms with Crippen molar-refractivity contribution in [3.8, 4) is 23.1 Å². The van der Waals surface area contributed by atoms with Gasteiger partial charge in [-0.15, -0.1) is 10.2 Å². The van der Waals surface area contributed by atoms with Gasteiger partial charge in [0.2, 0.25) is 5.91 Å². The standard InChI is InChI=1S/C28H23ClN6OS/c1-19-7-11-21(12-8-19)34(16-4-15-30)26(36)18-37-28-33-32-27(35(28)22-13-9-20(29)10-14-22)24-17-31-25-6-3-2-5-23(24)25/h2-3,5-14,17,31H,4,16,18H2,1H3. The van der Waals surface area contributed by atoms with Crippen LogP contribution in [0.1, 0.15) is 12.0 Å². The number of hydrogen-bond donors (Lipinski definition) is 1. The van der Waals surface area contributed by atoms with E-state index in [1.54, 1.807) is 4.90 Å². The van der Waals surface area contributed by atoms with E-state index in [4.69, 9.17) is 16.9 Å². The molecule has 7 nitrogen and oxygen atoms in total. The number of H-pyrrole nitrogens is 1. The minimum absolute atomic E-state index is 0.108. The lowest BCUT2D eigenvalue weighted by Gasteiger charge is -2.22. The van der Waals surface area contributed by atoms with Gasteiger partial charge in [-0.1, -0.05) is 59.3 Å². The van der Waals surface area contributed by atoms with Crippen LogP contribution in [0.2, 0.25) is 5.02 Å². The monoisotopic (exact) mass is 526 g/mol. The number of benzene rings is 3. The minimum Gasteiger partial charge on any atom is -0.360 e. The number of rotatable bonds is 8. The Morgan fingerprint density at radius 1 is 1.08 bits per heavy atom. The second-order valence-corrected chi connectivity index (χ2v) is 9.82. The third-order valence-corrected chi connectivity index (χ3v) is 7.13. The second kappa shape index (κ2) is 10.9. The molecule has 1 N–H and O–H groups in total. The van der Waals surface area contributed by atoms with Crippen molar-refractivity contribution in [3.05, 3.63) is 89.6 Å². The summed E-state index contributed by atoms with van der Waals surface area (Å²) < 4.78 is 1.94. The van der Waals surface area contributed by atoms with Crippen molar-refractivity contribution in [2.45, 2.75) is 18.5 Å². The number of nitriles is 1. The lowest BCUT2D eigenvalue weighted by molar-refractivity contribution is -0.116. The van der Waals surface area contributed by atoms with Crippen molar-refractivity contribution >= 4 is 45.9 Å². The highest BCUT2D eigenvalue weighted by Crippen LogP contribution is 2.33. The molecule has 0 aliphatic carbocycles. The van der Waals surface area contributed by atoms with Gasteiger partial charge in [-0.2, -0.15) is 5.26 Å². The fourth-order valence-electron chi connectivity index (χ4n) is 4.11. The quantitative estimate of drug-likeness (QED) is 0.236. The summed E-state index contributed by atoms with van der Waals surface area (Å²) in [5.74, 6) is 0.692. The van der Waals surface area contributed by atoms with E-state index in [0.29, 0.717) is 22.5 Å². The molecule has 0 spiro atoms. The third kappa shape index (κ3) is 5.24. The maximum Gasteiger partial charge on any atom is 0.237 e. The van der Waals surface area contributed by atoms with Gasteiger partial charge in [-0.05, 0) is 49.4 Å². The van der Waals surface area contributed by atoms with Crippen LogP contribution in [0.5, 0.6) is 0 Å². The topological polar surface area (TPSA) is 90.6 Å². The number of halogens is 1. The fourth-order valence-corrected chi connectivity index (χ4v) is 5.06. The van der Waals surface area contributed by atoms with Crippen LogP contribution in [-0.2, 0) is 4.79 Å². The molecule has 1 amide bonds. The summed E-state index contributed by atoms with van der Waals surface area (Å²) in [4.78, 5) is 18.3. The molecule has 0 radical (unpaired) electrons. The number of carbonyl (C=O) groups is 1. The Balaban J connectivity index is 1.48. The molecule has 0 saturated heterocycles. The van der Waals surface area contributed by atoms with Gasteiger partial charge in [0.25, 0.3) is 0 Å². The first-order valence-corrected chi connectivity index (χ1v) is 13.1. The molecule has 2 aromatic heterocycles. The summed E-state index contributed by atoms with van der Waals surface area (Å²) >= 11 is 7.46. The highest BCUT2D eigenvalue weighted by molar-refractivity contribution is 7.99. The molecule has 2 heterocycles. The molecule has 0 unspecified atom stereocenters. The van der Waals surface area contributed by atoms with Crippen LogP contribution in [0.4, 0.5) is 5.69 Å². The summed E-state index contributed by atoms with van der Waals surface area (Å²) in [7, 11) is 0. The van der Waals surface area contributed by atoms with E-state index in [0.717, 1.165) is 33.4 Å². The van der Waals surface area contributed by atoms with Crippen molar-refractivity contribution in [1.82, 2.24) is 19.7 Å². The number of hydrogen-bond acceptors (Lipinski definition) is 5. The summed E-state index contributed by atoms with van der Waals surface area (Å²) in [6.07, 6.45) is 2.16. The Bertz CT molecular complexity index is 1580. The molecule has 3 aromatic carbocycles. The minimum atomic E-state index is -0.108. The lowest BCUT2D eigenvalue weighted by Crippen LogP contribution is -2.33. The van der Waals surface area contributed by atoms with Crippen LogP contribution in [-0.4, -0.2) is 38.0 Å². The third-order valence-electron chi connectivity index (χ3n) is 5.97. The number of nitrogens with zero attached hydrogens (tertiary/aromatic N) is 5. The number of carbonyl (C=O) groups excluding carboxylic acids is 1. The molecule has 5 rings (SSSR count). The average molecular weight is 527 g/mol. The number of amides is 1. The number of nitrogens with one attached hydrogen (secondary N) is 1. The molecular weight excluding hydrogens is 504 g/mol. The Morgan fingerprint density at radius 2 is 1.84 bits per heavy atom. The largest absolute Gasteiger partial charge is 0.360 e. The van der Waals surface area contributed by atoms with Gasteiger partial charge in [0.05, 0.1) is 18.2 Å². The van der Waals surface area contributed by atoms with Crippen molar-refractivity contribution < 1.29 is 4.79 Å². The molecule has 0 saturated carbocycles. The number of aromatic amines is 1. The molecule has 0 atom stereocenters. The van der Waals surface area contributed by atoms with E-state index in [1.807, 2.05) is 90.5 Å². The molecule has 9 heteroatoms. The van der Waals surface area contributed by atoms with Gasteiger partial charge < -0.3 is 9.88 Å². The van der Waals surface area contributed by atoms with Crippen molar-refractivity contribution in [2.24, 2.45) is 0 Å². The van der Waals surface area contributed by atoms with E-state index in [2.05, 4.69) is 21.3 Å². The first-order chi connectivity index (χ1) is 18.0. The number of anilines is 1. The van der Waals surface area contributed by atoms with Gasteiger partial charge >= 0.3 is 0 Å². The fraction of sp³-hybridized carbons (Fsp3) is 0.143. The molecule has 184 valence electrons. The summed E-state index contributed by atoms with van der Waals surface area (Å²) in [6.45, 7) is 2.32. The summed E-state index contributed by atoms with van der Waals surface area (Å²) in [5, 5.41) is 20.3. The Labute approximate surface area is 223 Å². The zero-order valence-electron chi connectivity index (χ0n) is 20.1. The zero-order valence-corrected chi connectivity index (χ0v) is 21.6. The van der Waals surface area contributed by atoms with Crippen LogP contribution < -0.4 is 4.90 Å². The maximum absolute atomic E-state index is 13.3. The highest BCUT2D eigenvalue weighted by Gasteiger charge is 2.22. The van der Waals surface area contributed by atoms with Crippen LogP contribution in [0, 0.1) is 18.3 Å². The molecule has 5 aromatic rings. The van der Waals surface area contributed by atoms with Crippen molar-refractivity contribution in [3.63, 3.8) is 0 Å². The van der Waals surface area contributed by atoms with Crippen LogP contribution in [0.3, 0.4) is 0 Å². The predicted molar refractivity (Wildman–Crippen MR) is 148 cm³/mol. The molecule has 0 bridgehead atoms. The van der Waals surface area contributed by atoms with E-state index in [-0.39, 0.29) is 18.1 Å². The Morgan fingerprint density at radius 3 is 2.59 bits per heavy atom. The van der Waals surface area contributed by atoms with E-state index >= 15 is 0 Å². The molecular formula is C28H23ClN6OS. The smallest absolute Gasteiger partial charge is 0.237 e. The van der Waals surface area contributed by atoms with Gasteiger partial charge in [-0.3, -0.25) is 9.36 Å². The Kier molecular flexibility index (Phi) is 7.26. The second-order valence-electron chi connectivity index (χ2n) is 8.44. The van der Waals surface area contributed by atoms with Crippen LogP contribution >= 0.6 is 23.4 Å². The zero-order chi connectivity index (χ0) is 25.8. The molecule has 37 heavy (non-hydrogen) atoms. The molecule has 0 fully saturated rings. The SMILES string of the molecule is Cc1ccc(N(CCC#N)C(=O)CSc2nnc(-c3c[nH]c4ccccc34)n2-c2ccc(Cl)cc2)cc1. The van der Waals surface area contributed by atoms with E-state index in [1.165, 1.54) is 11.8 Å². The van der Waals surface area contributed by atoms with Crippen molar-refractivity contribution in [2.75, 3.05) is 17.2 Å². The number of aryl methyl sites for hydroxylation is 1. The number of fused-ring (bicyclic) bond motifs is 1. The van der Waals surface area contributed by atoms with Crippen LogP contribution in [0.25, 0.3) is 28.0 Å². The normalized spacial score (nSPS) is 10.9. The average Bonchev–Trinajstić information content (AvgIpc) is 3.53.